The van der Waals surface area contributed by atoms with Gasteiger partial charge < -0.3 is 10.2 Å². The van der Waals surface area contributed by atoms with Crippen molar-refractivity contribution in [3.05, 3.63) is 90.3 Å². The van der Waals surface area contributed by atoms with E-state index in [0.29, 0.717) is 17.9 Å². The number of hydrogen-bond acceptors (Lipinski definition) is 4. The second-order valence-corrected chi connectivity index (χ2v) is 5.10. The number of hydroxylamine groups is 1. The van der Waals surface area contributed by atoms with Gasteiger partial charge in [0.05, 0.1) is 5.56 Å². The molecule has 1 amide bonds. The lowest BCUT2D eigenvalue weighted by molar-refractivity contribution is 0.0761. The van der Waals surface area contributed by atoms with Crippen molar-refractivity contribution < 1.29 is 9.63 Å². The number of rotatable bonds is 6. The Balaban J connectivity index is 0.00000117. The monoisotopic (exact) mass is 349 g/mol. The van der Waals surface area contributed by atoms with E-state index >= 15 is 0 Å². The van der Waals surface area contributed by atoms with Crippen LogP contribution in [-0.2, 0) is 6.54 Å². The highest BCUT2D eigenvalue weighted by molar-refractivity contribution is 5.99. The third-order valence-corrected chi connectivity index (χ3v) is 3.41. The molecule has 2 N–H and O–H groups in total. The van der Waals surface area contributed by atoms with Crippen LogP contribution in [0.25, 0.3) is 0 Å². The molecule has 0 aliphatic rings. The quantitative estimate of drug-likeness (QED) is 0.646. The molecule has 5 nitrogen and oxygen atoms in total. The second-order valence-electron chi connectivity index (χ2n) is 5.10. The molecule has 0 aliphatic heterocycles. The van der Waals surface area contributed by atoms with E-state index in [-0.39, 0.29) is 5.91 Å². The average molecular weight is 349 g/mol. The first-order valence-electron chi connectivity index (χ1n) is 8.57. The highest BCUT2D eigenvalue weighted by Crippen LogP contribution is 2.16. The number of carbonyl (C=O) groups is 1. The van der Waals surface area contributed by atoms with Crippen LogP contribution in [0.1, 0.15) is 29.8 Å². The Kier molecular flexibility index (Phi) is 7.68. The third-order valence-electron chi connectivity index (χ3n) is 3.41. The molecule has 0 radical (unpaired) electrons. The highest BCUT2D eigenvalue weighted by atomic mass is 16.7. The Morgan fingerprint density at radius 2 is 1.58 bits per heavy atom. The topological polar surface area (TPSA) is 63.2 Å². The summed E-state index contributed by atoms with van der Waals surface area (Å²) in [6.45, 7) is 4.60. The Hall–Kier alpha value is -3.34. The lowest BCUT2D eigenvalue weighted by atomic mass is 10.1. The molecule has 0 aliphatic carbocycles. The minimum absolute atomic E-state index is 0.309. The molecule has 3 aromatic rings. The van der Waals surface area contributed by atoms with Crippen molar-refractivity contribution in [3.63, 3.8) is 0 Å². The van der Waals surface area contributed by atoms with Crippen molar-refractivity contribution in [3.8, 4) is 5.75 Å². The van der Waals surface area contributed by atoms with Crippen molar-refractivity contribution in [1.29, 1.82) is 0 Å². The summed E-state index contributed by atoms with van der Waals surface area (Å²) in [7, 11) is 0. The van der Waals surface area contributed by atoms with Gasteiger partial charge in [-0.25, -0.2) is 0 Å². The molecule has 3 rings (SSSR count). The normalized spacial score (nSPS) is 9.46. The summed E-state index contributed by atoms with van der Waals surface area (Å²) in [5.41, 5.74) is 4.80. The number of benzene rings is 2. The molecule has 1 aromatic heterocycles. The van der Waals surface area contributed by atoms with Crippen LogP contribution >= 0.6 is 0 Å². The van der Waals surface area contributed by atoms with Crippen LogP contribution in [0.4, 0.5) is 5.69 Å². The van der Waals surface area contributed by atoms with Crippen molar-refractivity contribution >= 4 is 11.6 Å². The van der Waals surface area contributed by atoms with E-state index < -0.39 is 0 Å². The van der Waals surface area contributed by atoms with Crippen LogP contribution in [-0.4, -0.2) is 10.9 Å². The van der Waals surface area contributed by atoms with Crippen LogP contribution in [0.15, 0.2) is 79.1 Å². The number of aromatic nitrogens is 1. The number of anilines is 1. The van der Waals surface area contributed by atoms with Gasteiger partial charge in [-0.3, -0.25) is 9.78 Å². The third kappa shape index (κ3) is 5.63. The summed E-state index contributed by atoms with van der Waals surface area (Å²) in [4.78, 5) is 21.7. The first kappa shape index (κ1) is 19.0. The molecule has 134 valence electrons. The largest absolute Gasteiger partial charge is 0.380 e. The molecule has 0 saturated carbocycles. The van der Waals surface area contributed by atoms with Gasteiger partial charge in [-0.1, -0.05) is 44.2 Å². The van der Waals surface area contributed by atoms with Gasteiger partial charge in [0.1, 0.15) is 0 Å². The van der Waals surface area contributed by atoms with Gasteiger partial charge >= 0.3 is 0 Å². The van der Waals surface area contributed by atoms with E-state index in [1.165, 1.54) is 0 Å². The van der Waals surface area contributed by atoms with Crippen LogP contribution in [0.2, 0.25) is 0 Å². The Morgan fingerprint density at radius 3 is 2.31 bits per heavy atom. The maximum atomic E-state index is 12.4. The smallest absolute Gasteiger partial charge is 0.285 e. The van der Waals surface area contributed by atoms with Crippen molar-refractivity contribution in [2.45, 2.75) is 20.4 Å². The summed E-state index contributed by atoms with van der Waals surface area (Å²) < 4.78 is 0. The number of amides is 1. The average Bonchev–Trinajstić information content (AvgIpc) is 2.74. The van der Waals surface area contributed by atoms with Gasteiger partial charge in [-0.05, 0) is 42.0 Å². The van der Waals surface area contributed by atoms with Crippen molar-refractivity contribution in [2.75, 3.05) is 5.32 Å². The zero-order valence-corrected chi connectivity index (χ0v) is 15.0. The highest BCUT2D eigenvalue weighted by Gasteiger charge is 2.11. The zero-order chi connectivity index (χ0) is 18.6. The van der Waals surface area contributed by atoms with E-state index in [9.17, 15) is 4.79 Å². The van der Waals surface area contributed by atoms with E-state index in [0.717, 1.165) is 11.3 Å². The molecule has 0 atom stereocenters. The lowest BCUT2D eigenvalue weighted by Gasteiger charge is -2.12. The Bertz CT molecular complexity index is 793. The predicted octanol–water partition coefficient (Wildman–Crippen LogP) is 4.44. The molecule has 26 heavy (non-hydrogen) atoms. The number of carbonyl (C=O) groups excluding carboxylic acids is 1. The van der Waals surface area contributed by atoms with E-state index in [1.54, 1.807) is 30.6 Å². The van der Waals surface area contributed by atoms with Gasteiger partial charge in [0.15, 0.2) is 5.75 Å². The van der Waals surface area contributed by atoms with Gasteiger partial charge in [0.2, 0.25) is 0 Å². The SMILES string of the molecule is CC.O=C(NOc1ccccc1)c1ccccc1NCc1ccncc1. The van der Waals surface area contributed by atoms with Gasteiger partial charge in [0, 0.05) is 24.6 Å². The molecule has 0 saturated heterocycles. The summed E-state index contributed by atoms with van der Waals surface area (Å²) in [6, 6.07) is 20.3. The number of nitrogens with one attached hydrogen (secondary N) is 2. The predicted molar refractivity (Wildman–Crippen MR) is 104 cm³/mol. The van der Waals surface area contributed by atoms with Crippen molar-refractivity contribution in [2.24, 2.45) is 0 Å². The molecule has 0 fully saturated rings. The first-order chi connectivity index (χ1) is 12.8. The fourth-order valence-electron chi connectivity index (χ4n) is 2.18. The van der Waals surface area contributed by atoms with E-state index in [4.69, 9.17) is 4.84 Å². The molecular weight excluding hydrogens is 326 g/mol. The molecule has 0 bridgehead atoms. The molecule has 0 unspecified atom stereocenters. The first-order valence-corrected chi connectivity index (χ1v) is 8.57. The standard InChI is InChI=1S/C19H17N3O2.C2H6/c23-19(22-24-16-6-2-1-3-7-16)17-8-4-5-9-18(17)21-14-15-10-12-20-13-11-15;1-2/h1-13,21H,14H2,(H,22,23);1-2H3. The maximum Gasteiger partial charge on any atom is 0.285 e. The summed E-state index contributed by atoms with van der Waals surface area (Å²) in [5, 5.41) is 3.26. The van der Waals surface area contributed by atoms with Gasteiger partial charge in [-0.2, -0.15) is 5.48 Å². The summed E-state index contributed by atoms with van der Waals surface area (Å²) in [5.74, 6) is 0.268. The minimum atomic E-state index is -0.309. The van der Waals surface area contributed by atoms with Crippen LogP contribution in [0, 0.1) is 0 Å². The molecule has 1 heterocycles. The Morgan fingerprint density at radius 1 is 0.923 bits per heavy atom. The van der Waals surface area contributed by atoms with Gasteiger partial charge in [-0.15, -0.1) is 0 Å². The summed E-state index contributed by atoms with van der Waals surface area (Å²) in [6.07, 6.45) is 3.48. The Labute approximate surface area is 154 Å². The molecular formula is C21H23N3O2. The number of para-hydroxylation sites is 2. The summed E-state index contributed by atoms with van der Waals surface area (Å²) >= 11 is 0. The minimum Gasteiger partial charge on any atom is -0.380 e. The molecule has 5 heteroatoms. The van der Waals surface area contributed by atoms with Crippen molar-refractivity contribution in [1.82, 2.24) is 10.5 Å². The van der Waals surface area contributed by atoms with Crippen LogP contribution < -0.4 is 15.6 Å². The van der Waals surface area contributed by atoms with E-state index in [1.807, 2.05) is 62.4 Å². The maximum absolute atomic E-state index is 12.4. The lowest BCUT2D eigenvalue weighted by Crippen LogP contribution is -2.27. The van der Waals surface area contributed by atoms with Crippen LogP contribution in [0.3, 0.4) is 0 Å². The molecule has 2 aromatic carbocycles. The van der Waals surface area contributed by atoms with E-state index in [2.05, 4.69) is 15.8 Å². The number of hydrogen-bond donors (Lipinski definition) is 2. The molecule has 0 spiro atoms. The number of nitrogens with zero attached hydrogens (tertiary/aromatic N) is 1. The number of pyridine rings is 1. The van der Waals surface area contributed by atoms with Crippen LogP contribution in [0.5, 0.6) is 5.75 Å². The fraction of sp³-hybridized carbons (Fsp3) is 0.143. The zero-order valence-electron chi connectivity index (χ0n) is 15.0. The second kappa shape index (κ2) is 10.5. The fourth-order valence-corrected chi connectivity index (χ4v) is 2.18. The van der Waals surface area contributed by atoms with Gasteiger partial charge in [0.25, 0.3) is 5.91 Å².